The molecule has 0 saturated heterocycles. The summed E-state index contributed by atoms with van der Waals surface area (Å²) in [5, 5.41) is 2.94. The second-order valence-electron chi connectivity index (χ2n) is 10.4. The van der Waals surface area contributed by atoms with Gasteiger partial charge in [0.2, 0.25) is 21.8 Å². The fraction of sp³-hybridized carbons (Fsp3) is 0.500. The Bertz CT molecular complexity index is 1200. The minimum absolute atomic E-state index is 0.0913. The maximum absolute atomic E-state index is 13.4. The van der Waals surface area contributed by atoms with Crippen LogP contribution in [-0.4, -0.2) is 56.6 Å². The third-order valence-corrected chi connectivity index (χ3v) is 7.33. The van der Waals surface area contributed by atoms with Gasteiger partial charge in [0.1, 0.15) is 11.8 Å². The molecule has 0 spiro atoms. The average molecular weight is 532 g/mol. The maximum Gasteiger partial charge on any atom is 0.242 e. The van der Waals surface area contributed by atoms with E-state index >= 15 is 0 Å². The summed E-state index contributed by atoms with van der Waals surface area (Å²) in [6, 6.07) is 12.2. The summed E-state index contributed by atoms with van der Waals surface area (Å²) in [7, 11) is -1.98. The Morgan fingerprint density at radius 3 is 2.32 bits per heavy atom. The Kier molecular flexibility index (Phi) is 10.1. The van der Waals surface area contributed by atoms with Gasteiger partial charge in [-0.25, -0.2) is 8.42 Å². The number of hydrogen-bond donors (Lipinski definition) is 1. The van der Waals surface area contributed by atoms with Gasteiger partial charge in [-0.15, -0.1) is 0 Å². The van der Waals surface area contributed by atoms with Gasteiger partial charge in [0, 0.05) is 25.0 Å². The zero-order valence-corrected chi connectivity index (χ0v) is 24.1. The van der Waals surface area contributed by atoms with Crippen LogP contribution in [0.3, 0.4) is 0 Å². The van der Waals surface area contributed by atoms with Gasteiger partial charge in [-0.05, 0) is 82.9 Å². The van der Waals surface area contributed by atoms with Gasteiger partial charge in [-0.1, -0.05) is 24.3 Å². The number of nitrogens with one attached hydrogen (secondary N) is 1. The highest BCUT2D eigenvalue weighted by Crippen LogP contribution is 2.25. The second kappa shape index (κ2) is 12.4. The van der Waals surface area contributed by atoms with Crippen LogP contribution >= 0.6 is 0 Å². The number of carbonyl (C=O) groups is 2. The lowest BCUT2D eigenvalue weighted by atomic mass is 10.1. The lowest BCUT2D eigenvalue weighted by Gasteiger charge is -2.32. The standard InChI is InChI=1S/C28H41N3O5S/c1-20-12-9-15-25(21(20)2)31(37(8,34)35)17-11-16-26(32)30(22(3)27(33)29-28(4,5)6)19-23-13-10-14-24(18-23)36-7/h9-10,12-15,18,22H,11,16-17,19H2,1-8H3,(H,29,33)/t22-/m0/s1. The molecule has 0 aliphatic carbocycles. The first kappa shape index (κ1) is 30.2. The largest absolute Gasteiger partial charge is 0.497 e. The fourth-order valence-corrected chi connectivity index (χ4v) is 5.03. The molecule has 1 atom stereocenters. The molecule has 2 aromatic carbocycles. The van der Waals surface area contributed by atoms with E-state index in [-0.39, 0.29) is 31.3 Å². The Labute approximate surface area is 222 Å². The van der Waals surface area contributed by atoms with Crippen LogP contribution in [0.1, 0.15) is 57.2 Å². The molecular weight excluding hydrogens is 490 g/mol. The lowest BCUT2D eigenvalue weighted by Crippen LogP contribution is -2.52. The summed E-state index contributed by atoms with van der Waals surface area (Å²) in [5.74, 6) is 0.180. The molecular formula is C28H41N3O5S. The van der Waals surface area contributed by atoms with Crippen LogP contribution in [-0.2, 0) is 26.2 Å². The van der Waals surface area contributed by atoms with Gasteiger partial charge in [0.15, 0.2) is 0 Å². The van der Waals surface area contributed by atoms with E-state index < -0.39 is 21.6 Å². The molecule has 0 heterocycles. The molecule has 204 valence electrons. The number of rotatable bonds is 11. The van der Waals surface area contributed by atoms with Crippen molar-refractivity contribution in [1.29, 1.82) is 0 Å². The van der Waals surface area contributed by atoms with Crippen molar-refractivity contribution < 1.29 is 22.7 Å². The minimum atomic E-state index is -3.55. The van der Waals surface area contributed by atoms with Crippen molar-refractivity contribution in [3.63, 3.8) is 0 Å². The van der Waals surface area contributed by atoms with Crippen molar-refractivity contribution in [1.82, 2.24) is 10.2 Å². The van der Waals surface area contributed by atoms with Crippen molar-refractivity contribution in [2.45, 2.75) is 72.5 Å². The number of aryl methyl sites for hydroxylation is 1. The first-order chi connectivity index (χ1) is 17.1. The molecule has 0 aliphatic heterocycles. The van der Waals surface area contributed by atoms with Crippen molar-refractivity contribution in [3.05, 3.63) is 59.2 Å². The summed E-state index contributed by atoms with van der Waals surface area (Å²) < 4.78 is 31.9. The summed E-state index contributed by atoms with van der Waals surface area (Å²) in [4.78, 5) is 28.0. The third kappa shape index (κ3) is 8.77. The minimum Gasteiger partial charge on any atom is -0.497 e. The van der Waals surface area contributed by atoms with Crippen LogP contribution in [0.5, 0.6) is 5.75 Å². The zero-order chi connectivity index (χ0) is 28.0. The fourth-order valence-electron chi connectivity index (χ4n) is 4.01. The zero-order valence-electron chi connectivity index (χ0n) is 23.3. The highest BCUT2D eigenvalue weighted by atomic mass is 32.2. The average Bonchev–Trinajstić information content (AvgIpc) is 2.80. The number of sulfonamides is 1. The molecule has 0 radical (unpaired) electrons. The van der Waals surface area contributed by atoms with Gasteiger partial charge in [0.05, 0.1) is 19.1 Å². The molecule has 37 heavy (non-hydrogen) atoms. The Morgan fingerprint density at radius 2 is 1.73 bits per heavy atom. The van der Waals surface area contributed by atoms with E-state index in [1.165, 1.54) is 10.6 Å². The quantitative estimate of drug-likeness (QED) is 0.469. The molecule has 0 aliphatic rings. The highest BCUT2D eigenvalue weighted by Gasteiger charge is 2.29. The predicted molar refractivity (Wildman–Crippen MR) is 148 cm³/mol. The number of carbonyl (C=O) groups excluding carboxylic acids is 2. The van der Waals surface area contributed by atoms with E-state index in [1.54, 1.807) is 25.0 Å². The molecule has 0 aromatic heterocycles. The third-order valence-electron chi connectivity index (χ3n) is 6.15. The lowest BCUT2D eigenvalue weighted by molar-refractivity contribution is -0.141. The molecule has 0 fully saturated rings. The van der Waals surface area contributed by atoms with Crippen molar-refractivity contribution in [3.8, 4) is 5.75 Å². The predicted octanol–water partition coefficient (Wildman–Crippen LogP) is 4.19. The summed E-state index contributed by atoms with van der Waals surface area (Å²) in [5.41, 5.74) is 2.87. The first-order valence-electron chi connectivity index (χ1n) is 12.4. The number of hydrogen-bond acceptors (Lipinski definition) is 5. The maximum atomic E-state index is 13.4. The van der Waals surface area contributed by atoms with Gasteiger partial charge < -0.3 is 15.0 Å². The van der Waals surface area contributed by atoms with E-state index in [0.717, 1.165) is 16.7 Å². The molecule has 2 aromatic rings. The van der Waals surface area contributed by atoms with E-state index in [0.29, 0.717) is 17.9 Å². The highest BCUT2D eigenvalue weighted by molar-refractivity contribution is 7.92. The normalized spacial score (nSPS) is 12.5. The van der Waals surface area contributed by atoms with Gasteiger partial charge >= 0.3 is 0 Å². The molecule has 0 unspecified atom stereocenters. The molecule has 2 amide bonds. The number of methoxy groups -OCH3 is 1. The van der Waals surface area contributed by atoms with Gasteiger partial charge in [0.25, 0.3) is 0 Å². The van der Waals surface area contributed by atoms with E-state index in [9.17, 15) is 18.0 Å². The number of nitrogens with zero attached hydrogens (tertiary/aromatic N) is 2. The number of benzene rings is 2. The van der Waals surface area contributed by atoms with E-state index in [2.05, 4.69) is 5.32 Å². The number of ether oxygens (including phenoxy) is 1. The molecule has 0 saturated carbocycles. The molecule has 0 bridgehead atoms. The first-order valence-corrected chi connectivity index (χ1v) is 14.3. The van der Waals surface area contributed by atoms with Crippen molar-refractivity contribution in [2.24, 2.45) is 0 Å². The van der Waals surface area contributed by atoms with Gasteiger partial charge in [-0.3, -0.25) is 13.9 Å². The number of anilines is 1. The Balaban J connectivity index is 2.24. The molecule has 9 heteroatoms. The van der Waals surface area contributed by atoms with Crippen LogP contribution in [0.2, 0.25) is 0 Å². The van der Waals surface area contributed by atoms with Crippen LogP contribution in [0, 0.1) is 13.8 Å². The van der Waals surface area contributed by atoms with Crippen molar-refractivity contribution >= 4 is 27.5 Å². The van der Waals surface area contributed by atoms with Crippen LogP contribution in [0.15, 0.2) is 42.5 Å². The summed E-state index contributed by atoms with van der Waals surface area (Å²) >= 11 is 0. The van der Waals surface area contributed by atoms with E-state index in [4.69, 9.17) is 4.74 Å². The van der Waals surface area contributed by atoms with Crippen LogP contribution in [0.25, 0.3) is 0 Å². The smallest absolute Gasteiger partial charge is 0.242 e. The Morgan fingerprint density at radius 1 is 1.08 bits per heavy atom. The van der Waals surface area contributed by atoms with Crippen LogP contribution < -0.4 is 14.4 Å². The van der Waals surface area contributed by atoms with Crippen LogP contribution in [0.4, 0.5) is 5.69 Å². The van der Waals surface area contributed by atoms with Crippen molar-refractivity contribution in [2.75, 3.05) is 24.2 Å². The molecule has 8 nitrogen and oxygen atoms in total. The monoisotopic (exact) mass is 531 g/mol. The van der Waals surface area contributed by atoms with Gasteiger partial charge in [-0.2, -0.15) is 0 Å². The SMILES string of the molecule is COc1cccc(CN(C(=O)CCCN(c2cccc(C)c2C)S(C)(=O)=O)[C@@H](C)C(=O)NC(C)(C)C)c1. The van der Waals surface area contributed by atoms with E-state index in [1.807, 2.05) is 71.0 Å². The Hall–Kier alpha value is -3.07. The molecule has 1 N–H and O–H groups in total. The summed E-state index contributed by atoms with van der Waals surface area (Å²) in [6.07, 6.45) is 1.57. The topological polar surface area (TPSA) is 96.0 Å². The second-order valence-corrected chi connectivity index (χ2v) is 12.4. The number of amides is 2. The molecule has 2 rings (SSSR count). The summed E-state index contributed by atoms with van der Waals surface area (Å²) in [6.45, 7) is 11.6.